The standard InChI is InChI=1S/C21H22N6O2/c1-24-11-15(9-22-24)19(28)26-8-7-21(13-26)14-27(18-6-4-3-5-17(18)21)20(29)16-10-23-25(2)12-16/h3-6,9-12H,7-8,13-14H2,1-2H3. The van der Waals surface area contributed by atoms with Gasteiger partial charge in [0.25, 0.3) is 11.8 Å². The third-order valence-electron chi connectivity index (χ3n) is 6.02. The van der Waals surface area contributed by atoms with E-state index in [-0.39, 0.29) is 17.2 Å². The summed E-state index contributed by atoms with van der Waals surface area (Å²) in [6.07, 6.45) is 7.51. The van der Waals surface area contributed by atoms with Gasteiger partial charge in [-0.1, -0.05) is 18.2 Å². The second kappa shape index (κ2) is 6.30. The first-order chi connectivity index (χ1) is 14.0. The fourth-order valence-electron chi connectivity index (χ4n) is 4.61. The van der Waals surface area contributed by atoms with Crippen LogP contribution in [0.2, 0.25) is 0 Å². The summed E-state index contributed by atoms with van der Waals surface area (Å²) in [5.41, 5.74) is 2.99. The van der Waals surface area contributed by atoms with Crippen molar-refractivity contribution >= 4 is 17.5 Å². The number of para-hydroxylation sites is 1. The van der Waals surface area contributed by atoms with E-state index in [4.69, 9.17) is 0 Å². The molecule has 0 radical (unpaired) electrons. The largest absolute Gasteiger partial charge is 0.338 e. The van der Waals surface area contributed by atoms with E-state index in [1.807, 2.05) is 28.0 Å². The lowest BCUT2D eigenvalue weighted by Gasteiger charge is -2.25. The number of nitrogens with zero attached hydrogens (tertiary/aromatic N) is 6. The summed E-state index contributed by atoms with van der Waals surface area (Å²) in [5.74, 6) is -0.0658. The van der Waals surface area contributed by atoms with Crippen LogP contribution >= 0.6 is 0 Å². The number of aromatic nitrogens is 4. The zero-order valence-corrected chi connectivity index (χ0v) is 16.4. The monoisotopic (exact) mass is 390 g/mol. The minimum Gasteiger partial charge on any atom is -0.338 e. The molecule has 1 spiro atoms. The van der Waals surface area contributed by atoms with Crippen molar-refractivity contribution in [2.75, 3.05) is 24.5 Å². The molecule has 29 heavy (non-hydrogen) atoms. The van der Waals surface area contributed by atoms with Gasteiger partial charge >= 0.3 is 0 Å². The minimum atomic E-state index is -0.244. The molecule has 5 rings (SSSR count). The molecular weight excluding hydrogens is 368 g/mol. The predicted molar refractivity (Wildman–Crippen MR) is 107 cm³/mol. The molecule has 0 bridgehead atoms. The van der Waals surface area contributed by atoms with Crippen LogP contribution in [0.3, 0.4) is 0 Å². The molecule has 1 unspecified atom stereocenters. The number of carbonyl (C=O) groups excluding carboxylic acids is 2. The molecule has 1 aromatic carbocycles. The quantitative estimate of drug-likeness (QED) is 0.666. The van der Waals surface area contributed by atoms with Gasteiger partial charge in [-0.05, 0) is 18.1 Å². The molecule has 8 nitrogen and oxygen atoms in total. The number of hydrogen-bond donors (Lipinski definition) is 0. The Morgan fingerprint density at radius 1 is 0.931 bits per heavy atom. The molecule has 2 aliphatic rings. The van der Waals surface area contributed by atoms with Gasteiger partial charge in [0.05, 0.1) is 23.5 Å². The van der Waals surface area contributed by atoms with Gasteiger partial charge in [-0.3, -0.25) is 19.0 Å². The Morgan fingerprint density at radius 2 is 1.59 bits per heavy atom. The second-order valence-corrected chi connectivity index (χ2v) is 7.97. The average molecular weight is 390 g/mol. The van der Waals surface area contributed by atoms with E-state index in [2.05, 4.69) is 16.3 Å². The summed E-state index contributed by atoms with van der Waals surface area (Å²) < 4.78 is 3.27. The maximum Gasteiger partial charge on any atom is 0.261 e. The van der Waals surface area contributed by atoms with E-state index in [1.165, 1.54) is 0 Å². The van der Waals surface area contributed by atoms with Crippen molar-refractivity contribution in [3.63, 3.8) is 0 Å². The van der Waals surface area contributed by atoms with Crippen molar-refractivity contribution in [3.8, 4) is 0 Å². The van der Waals surface area contributed by atoms with Crippen LogP contribution in [-0.2, 0) is 19.5 Å². The van der Waals surface area contributed by atoms with Crippen LogP contribution in [0, 0.1) is 0 Å². The Kier molecular flexibility index (Phi) is 3.84. The molecule has 2 amide bonds. The summed E-state index contributed by atoms with van der Waals surface area (Å²) >= 11 is 0. The Labute approximate surface area is 168 Å². The van der Waals surface area contributed by atoms with Crippen molar-refractivity contribution < 1.29 is 9.59 Å². The van der Waals surface area contributed by atoms with Gasteiger partial charge in [-0.15, -0.1) is 0 Å². The lowest BCUT2D eigenvalue weighted by Crippen LogP contribution is -2.40. The van der Waals surface area contributed by atoms with Crippen LogP contribution in [0.15, 0.2) is 49.1 Å². The number of rotatable bonds is 2. The highest BCUT2D eigenvalue weighted by Crippen LogP contribution is 2.46. The van der Waals surface area contributed by atoms with Crippen LogP contribution in [0.25, 0.3) is 0 Å². The van der Waals surface area contributed by atoms with Crippen LogP contribution in [0.5, 0.6) is 0 Å². The Hall–Kier alpha value is -3.42. The second-order valence-electron chi connectivity index (χ2n) is 7.97. The number of fused-ring (bicyclic) bond motifs is 2. The number of anilines is 1. The highest BCUT2D eigenvalue weighted by molar-refractivity contribution is 6.07. The smallest absolute Gasteiger partial charge is 0.261 e. The van der Waals surface area contributed by atoms with Gasteiger partial charge < -0.3 is 9.80 Å². The normalized spacial score (nSPS) is 20.5. The zero-order valence-electron chi connectivity index (χ0n) is 16.4. The summed E-state index contributed by atoms with van der Waals surface area (Å²) in [7, 11) is 3.60. The Morgan fingerprint density at radius 3 is 2.24 bits per heavy atom. The van der Waals surface area contributed by atoms with Gasteiger partial charge in [0, 0.05) is 57.2 Å². The maximum atomic E-state index is 13.2. The molecule has 4 heterocycles. The highest BCUT2D eigenvalue weighted by Gasteiger charge is 2.49. The Balaban J connectivity index is 1.45. The summed E-state index contributed by atoms with van der Waals surface area (Å²) in [6, 6.07) is 8.03. The lowest BCUT2D eigenvalue weighted by atomic mass is 9.81. The number of hydrogen-bond acceptors (Lipinski definition) is 4. The summed E-state index contributed by atoms with van der Waals surface area (Å²) in [5, 5.41) is 8.25. The molecule has 1 fully saturated rings. The van der Waals surface area contributed by atoms with E-state index < -0.39 is 0 Å². The third kappa shape index (κ3) is 2.74. The fourth-order valence-corrected chi connectivity index (χ4v) is 4.61. The molecule has 2 aliphatic heterocycles. The van der Waals surface area contributed by atoms with Gasteiger partial charge in [0.2, 0.25) is 0 Å². The van der Waals surface area contributed by atoms with E-state index >= 15 is 0 Å². The first kappa shape index (κ1) is 17.7. The number of likely N-dealkylation sites (tertiary alicyclic amines) is 1. The third-order valence-corrected chi connectivity index (χ3v) is 6.02. The molecule has 2 aromatic heterocycles. The number of amides is 2. The highest BCUT2D eigenvalue weighted by atomic mass is 16.2. The molecular formula is C21H22N6O2. The number of carbonyl (C=O) groups is 2. The lowest BCUT2D eigenvalue weighted by molar-refractivity contribution is 0.0784. The molecule has 1 saturated heterocycles. The van der Waals surface area contributed by atoms with Crippen molar-refractivity contribution in [3.05, 3.63) is 65.7 Å². The van der Waals surface area contributed by atoms with Gasteiger partial charge in [-0.2, -0.15) is 10.2 Å². The SMILES string of the molecule is Cn1cc(C(=O)N2CCC3(C2)CN(C(=O)c2cnn(C)c2)c2ccccc23)cn1. The van der Waals surface area contributed by atoms with Crippen molar-refractivity contribution in [1.82, 2.24) is 24.5 Å². The van der Waals surface area contributed by atoms with Crippen molar-refractivity contribution in [2.24, 2.45) is 14.1 Å². The first-order valence-corrected chi connectivity index (χ1v) is 9.65. The Bertz CT molecular complexity index is 1120. The van der Waals surface area contributed by atoms with Gasteiger partial charge in [0.1, 0.15) is 0 Å². The van der Waals surface area contributed by atoms with Crippen molar-refractivity contribution in [1.29, 1.82) is 0 Å². The maximum absolute atomic E-state index is 13.2. The molecule has 8 heteroatoms. The van der Waals surface area contributed by atoms with Crippen LogP contribution in [-0.4, -0.2) is 55.9 Å². The average Bonchev–Trinajstić information content (AvgIpc) is 3.49. The van der Waals surface area contributed by atoms with E-state index in [0.717, 1.165) is 17.7 Å². The summed E-state index contributed by atoms with van der Waals surface area (Å²) in [6.45, 7) is 1.82. The summed E-state index contributed by atoms with van der Waals surface area (Å²) in [4.78, 5) is 29.8. The van der Waals surface area contributed by atoms with Crippen LogP contribution in [0.1, 0.15) is 32.7 Å². The van der Waals surface area contributed by atoms with Gasteiger partial charge in [0.15, 0.2) is 0 Å². The van der Waals surface area contributed by atoms with Crippen molar-refractivity contribution in [2.45, 2.75) is 11.8 Å². The number of aryl methyl sites for hydroxylation is 2. The van der Waals surface area contributed by atoms with Gasteiger partial charge in [-0.25, -0.2) is 0 Å². The molecule has 1 atom stereocenters. The first-order valence-electron chi connectivity index (χ1n) is 9.65. The predicted octanol–water partition coefficient (Wildman–Crippen LogP) is 1.60. The minimum absolute atomic E-state index is 0.00973. The fraction of sp³-hybridized carbons (Fsp3) is 0.333. The zero-order chi connectivity index (χ0) is 20.2. The molecule has 148 valence electrons. The molecule has 3 aromatic rings. The molecule has 0 saturated carbocycles. The molecule has 0 aliphatic carbocycles. The van der Waals surface area contributed by atoms with Crippen LogP contribution < -0.4 is 4.90 Å². The van der Waals surface area contributed by atoms with E-state index in [1.54, 1.807) is 48.2 Å². The van der Waals surface area contributed by atoms with E-state index in [0.29, 0.717) is 30.8 Å². The van der Waals surface area contributed by atoms with E-state index in [9.17, 15) is 9.59 Å². The number of benzene rings is 1. The van der Waals surface area contributed by atoms with Crippen LogP contribution in [0.4, 0.5) is 5.69 Å². The topological polar surface area (TPSA) is 76.3 Å². The molecule has 0 N–H and O–H groups in total.